The lowest BCUT2D eigenvalue weighted by molar-refractivity contribution is 0.0600. The Morgan fingerprint density at radius 1 is 1.43 bits per heavy atom. The van der Waals surface area contributed by atoms with Crippen LogP contribution in [0.4, 0.5) is 0 Å². The van der Waals surface area contributed by atoms with Crippen molar-refractivity contribution in [2.45, 2.75) is 19.8 Å². The van der Waals surface area contributed by atoms with Crippen LogP contribution >= 0.6 is 12.2 Å². The van der Waals surface area contributed by atoms with Gasteiger partial charge in [-0.25, -0.2) is 4.79 Å². The Kier molecular flexibility index (Phi) is 4.64. The zero-order valence-corrected chi connectivity index (χ0v) is 12.8. The van der Waals surface area contributed by atoms with Crippen LogP contribution in [0.5, 0.6) is 0 Å². The number of nitrogens with one attached hydrogen (secondary N) is 1. The Labute approximate surface area is 127 Å². The van der Waals surface area contributed by atoms with E-state index in [9.17, 15) is 4.79 Å². The van der Waals surface area contributed by atoms with Crippen molar-refractivity contribution >= 4 is 24.4 Å². The minimum atomic E-state index is -0.363. The molecule has 1 aromatic heterocycles. The van der Waals surface area contributed by atoms with E-state index in [0.29, 0.717) is 10.3 Å². The topological polar surface area (TPSA) is 72.3 Å². The fraction of sp³-hybridized carbons (Fsp3) is 0.286. The second-order valence-electron chi connectivity index (χ2n) is 4.71. The number of nitrogens with zero attached hydrogens (tertiary/aromatic N) is 3. The number of carbonyl (C=O) groups is 1. The molecule has 0 saturated carbocycles. The molecule has 0 fully saturated rings. The van der Waals surface area contributed by atoms with Crippen molar-refractivity contribution < 1.29 is 9.53 Å². The molecular formula is C14H16N4O2S. The second-order valence-corrected chi connectivity index (χ2v) is 5.10. The molecule has 0 aliphatic carbocycles. The molecule has 0 amide bonds. The van der Waals surface area contributed by atoms with Gasteiger partial charge < -0.3 is 4.74 Å². The van der Waals surface area contributed by atoms with Crippen LogP contribution < -0.4 is 0 Å². The Hall–Kier alpha value is -2.28. The van der Waals surface area contributed by atoms with Gasteiger partial charge in [0.15, 0.2) is 5.82 Å². The van der Waals surface area contributed by atoms with E-state index in [4.69, 9.17) is 12.2 Å². The predicted molar refractivity (Wildman–Crippen MR) is 82.3 cm³/mol. The van der Waals surface area contributed by atoms with Crippen LogP contribution in [0, 0.1) is 4.77 Å². The number of hydrogen-bond acceptors (Lipinski definition) is 5. The van der Waals surface area contributed by atoms with Crippen LogP contribution in [-0.4, -0.2) is 34.2 Å². The summed E-state index contributed by atoms with van der Waals surface area (Å²) in [6.07, 6.45) is 1.66. The van der Waals surface area contributed by atoms with Crippen molar-refractivity contribution in [2.75, 3.05) is 7.11 Å². The normalized spacial score (nSPS) is 11.2. The van der Waals surface area contributed by atoms with Crippen molar-refractivity contribution in [1.82, 2.24) is 14.9 Å². The number of rotatable bonds is 4. The molecule has 0 aliphatic rings. The summed E-state index contributed by atoms with van der Waals surface area (Å²) in [4.78, 5) is 11.3. The number of H-pyrrole nitrogens is 1. The highest BCUT2D eigenvalue weighted by Crippen LogP contribution is 2.11. The molecule has 2 rings (SSSR count). The Morgan fingerprint density at radius 3 is 2.67 bits per heavy atom. The zero-order valence-electron chi connectivity index (χ0n) is 12.0. The SMILES string of the molecule is COC(=O)c1ccc(/C=N\n2c(C(C)C)n[nH]c2=S)cc1. The van der Waals surface area contributed by atoms with Gasteiger partial charge >= 0.3 is 5.97 Å². The lowest BCUT2D eigenvalue weighted by Crippen LogP contribution is -2.02. The van der Waals surface area contributed by atoms with Crippen molar-refractivity contribution in [3.63, 3.8) is 0 Å². The van der Waals surface area contributed by atoms with E-state index in [1.54, 1.807) is 35.2 Å². The van der Waals surface area contributed by atoms with E-state index in [0.717, 1.165) is 11.4 Å². The third-order valence-electron chi connectivity index (χ3n) is 2.85. The van der Waals surface area contributed by atoms with E-state index in [1.165, 1.54) is 7.11 Å². The first kappa shape index (κ1) is 15.1. The van der Waals surface area contributed by atoms with Gasteiger partial charge in [0, 0.05) is 5.92 Å². The minimum absolute atomic E-state index is 0.205. The van der Waals surface area contributed by atoms with E-state index in [2.05, 4.69) is 20.0 Å². The van der Waals surface area contributed by atoms with Crippen molar-refractivity contribution in [2.24, 2.45) is 5.10 Å². The third-order valence-corrected chi connectivity index (χ3v) is 3.11. The maximum absolute atomic E-state index is 11.3. The maximum atomic E-state index is 11.3. The summed E-state index contributed by atoms with van der Waals surface area (Å²) in [6.45, 7) is 4.03. The molecule has 7 heteroatoms. The average Bonchev–Trinajstić information content (AvgIpc) is 2.86. The number of benzene rings is 1. The summed E-state index contributed by atoms with van der Waals surface area (Å²) in [7, 11) is 1.35. The van der Waals surface area contributed by atoms with Gasteiger partial charge in [0.25, 0.3) is 0 Å². The summed E-state index contributed by atoms with van der Waals surface area (Å²) in [5, 5.41) is 11.2. The highest BCUT2D eigenvalue weighted by Gasteiger charge is 2.08. The minimum Gasteiger partial charge on any atom is -0.465 e. The highest BCUT2D eigenvalue weighted by atomic mass is 32.1. The molecule has 6 nitrogen and oxygen atoms in total. The number of carbonyl (C=O) groups excluding carboxylic acids is 1. The molecule has 0 saturated heterocycles. The number of aromatic amines is 1. The molecule has 0 atom stereocenters. The maximum Gasteiger partial charge on any atom is 0.337 e. The van der Waals surface area contributed by atoms with Gasteiger partial charge in [0.05, 0.1) is 18.9 Å². The fourth-order valence-corrected chi connectivity index (χ4v) is 1.92. The van der Waals surface area contributed by atoms with E-state index in [-0.39, 0.29) is 11.9 Å². The standard InChI is InChI=1S/C14H16N4O2S/c1-9(2)12-16-17-14(21)18(12)15-8-10-4-6-11(7-5-10)13(19)20-3/h4-9H,1-3H3,(H,17,21)/b15-8-. The van der Waals surface area contributed by atoms with Gasteiger partial charge in [-0.05, 0) is 29.9 Å². The van der Waals surface area contributed by atoms with Crippen molar-refractivity contribution in [1.29, 1.82) is 0 Å². The second kappa shape index (κ2) is 6.45. The molecule has 1 aromatic carbocycles. The Balaban J connectivity index is 2.24. The molecule has 0 unspecified atom stereocenters. The van der Waals surface area contributed by atoms with E-state index in [1.807, 2.05) is 13.8 Å². The van der Waals surface area contributed by atoms with E-state index >= 15 is 0 Å². The van der Waals surface area contributed by atoms with Gasteiger partial charge in [-0.15, -0.1) is 0 Å². The van der Waals surface area contributed by atoms with Crippen LogP contribution in [0.15, 0.2) is 29.4 Å². The van der Waals surface area contributed by atoms with Crippen molar-refractivity contribution in [3.8, 4) is 0 Å². The number of ether oxygens (including phenoxy) is 1. The quantitative estimate of drug-likeness (QED) is 0.535. The Bertz CT molecular complexity index is 713. The molecule has 1 N–H and O–H groups in total. The van der Waals surface area contributed by atoms with Crippen LogP contribution in [0.2, 0.25) is 0 Å². The largest absolute Gasteiger partial charge is 0.465 e. The smallest absolute Gasteiger partial charge is 0.337 e. The van der Waals surface area contributed by atoms with Gasteiger partial charge in [-0.1, -0.05) is 26.0 Å². The predicted octanol–water partition coefficient (Wildman–Crippen LogP) is 2.73. The first-order valence-corrected chi connectivity index (χ1v) is 6.83. The molecule has 1 heterocycles. The first-order valence-electron chi connectivity index (χ1n) is 6.43. The highest BCUT2D eigenvalue weighted by molar-refractivity contribution is 7.71. The molecule has 0 spiro atoms. The molecule has 0 radical (unpaired) electrons. The summed E-state index contributed by atoms with van der Waals surface area (Å²) in [6, 6.07) is 6.94. The number of aromatic nitrogens is 3. The van der Waals surface area contributed by atoms with Crippen LogP contribution in [0.25, 0.3) is 0 Å². The molecular weight excluding hydrogens is 288 g/mol. The number of methoxy groups -OCH3 is 1. The third kappa shape index (κ3) is 3.43. The Morgan fingerprint density at radius 2 is 2.10 bits per heavy atom. The lowest BCUT2D eigenvalue weighted by Gasteiger charge is -2.03. The van der Waals surface area contributed by atoms with Gasteiger partial charge in [-0.2, -0.15) is 14.9 Å². The van der Waals surface area contributed by atoms with Crippen LogP contribution in [-0.2, 0) is 4.74 Å². The molecule has 2 aromatic rings. The van der Waals surface area contributed by atoms with Crippen LogP contribution in [0.3, 0.4) is 0 Å². The number of esters is 1. The fourth-order valence-electron chi connectivity index (χ4n) is 1.74. The van der Waals surface area contributed by atoms with Gasteiger partial charge in [0.1, 0.15) is 0 Å². The summed E-state index contributed by atoms with van der Waals surface area (Å²) in [5.74, 6) is 0.608. The van der Waals surface area contributed by atoms with Crippen molar-refractivity contribution in [3.05, 3.63) is 46.0 Å². The lowest BCUT2D eigenvalue weighted by atomic mass is 10.1. The summed E-state index contributed by atoms with van der Waals surface area (Å²) in [5.41, 5.74) is 1.35. The molecule has 21 heavy (non-hydrogen) atoms. The number of hydrogen-bond donors (Lipinski definition) is 1. The zero-order chi connectivity index (χ0) is 15.4. The van der Waals surface area contributed by atoms with Gasteiger partial charge in [-0.3, -0.25) is 5.10 Å². The molecule has 0 bridgehead atoms. The van der Waals surface area contributed by atoms with E-state index < -0.39 is 0 Å². The molecule has 110 valence electrons. The average molecular weight is 304 g/mol. The summed E-state index contributed by atoms with van der Waals surface area (Å²) < 4.78 is 6.69. The molecule has 0 aliphatic heterocycles. The summed E-state index contributed by atoms with van der Waals surface area (Å²) >= 11 is 5.15. The first-order chi connectivity index (χ1) is 10.0. The monoisotopic (exact) mass is 304 g/mol. The van der Waals surface area contributed by atoms with Gasteiger partial charge in [0.2, 0.25) is 4.77 Å². The van der Waals surface area contributed by atoms with Crippen LogP contribution in [0.1, 0.15) is 41.5 Å².